The normalized spacial score (nSPS) is 9.69. The van der Waals surface area contributed by atoms with Gasteiger partial charge in [-0.1, -0.05) is 6.58 Å². The fourth-order valence-corrected chi connectivity index (χ4v) is 0.804. The summed E-state index contributed by atoms with van der Waals surface area (Å²) in [6, 6.07) is 0. The zero-order chi connectivity index (χ0) is 9.84. The van der Waals surface area contributed by atoms with E-state index in [1.165, 1.54) is 0 Å². The molecule has 0 aliphatic rings. The van der Waals surface area contributed by atoms with E-state index in [1.807, 2.05) is 7.05 Å². The fraction of sp³-hybridized carbons (Fsp3) is 0.333. The first-order valence-electron chi connectivity index (χ1n) is 3.89. The molecule has 0 radical (unpaired) electrons. The van der Waals surface area contributed by atoms with Gasteiger partial charge in [-0.25, -0.2) is 9.78 Å². The van der Waals surface area contributed by atoms with Gasteiger partial charge in [0.15, 0.2) is 0 Å². The van der Waals surface area contributed by atoms with Crippen LogP contribution in [0, 0.1) is 0 Å². The Morgan fingerprint density at radius 3 is 2.92 bits per heavy atom. The molecule has 1 aromatic heterocycles. The molecule has 0 fully saturated rings. The van der Waals surface area contributed by atoms with Gasteiger partial charge < -0.3 is 9.30 Å². The molecule has 0 aromatic carbocycles. The summed E-state index contributed by atoms with van der Waals surface area (Å²) in [5, 5.41) is 0. The van der Waals surface area contributed by atoms with E-state index < -0.39 is 0 Å². The lowest BCUT2D eigenvalue weighted by molar-refractivity contribution is -0.140. The van der Waals surface area contributed by atoms with Crippen LogP contribution in [0.15, 0.2) is 24.7 Å². The number of imidazole rings is 1. The van der Waals surface area contributed by atoms with Gasteiger partial charge in [0.05, 0.1) is 12.0 Å². The molecular weight excluding hydrogens is 168 g/mol. The van der Waals surface area contributed by atoms with E-state index in [2.05, 4.69) is 11.6 Å². The van der Waals surface area contributed by atoms with Crippen LogP contribution in [0.2, 0.25) is 0 Å². The molecule has 4 nitrogen and oxygen atoms in total. The Morgan fingerprint density at radius 2 is 2.46 bits per heavy atom. The quantitative estimate of drug-likeness (QED) is 0.515. The molecule has 0 aliphatic carbocycles. The van der Waals surface area contributed by atoms with Gasteiger partial charge in [0.2, 0.25) is 0 Å². The van der Waals surface area contributed by atoms with E-state index in [9.17, 15) is 4.79 Å². The summed E-state index contributed by atoms with van der Waals surface area (Å²) in [7, 11) is 1.86. The van der Waals surface area contributed by atoms with Gasteiger partial charge in [-0.05, 0) is 6.92 Å². The number of ether oxygens (including phenoxy) is 1. The number of esters is 1. The third-order valence-electron chi connectivity index (χ3n) is 1.46. The van der Waals surface area contributed by atoms with Crippen LogP contribution in [-0.2, 0) is 23.2 Å². The van der Waals surface area contributed by atoms with E-state index in [-0.39, 0.29) is 12.6 Å². The predicted octanol–water partition coefficient (Wildman–Crippen LogP) is 1.04. The highest BCUT2D eigenvalue weighted by atomic mass is 16.5. The molecule has 0 saturated heterocycles. The largest absolute Gasteiger partial charge is 0.456 e. The molecule has 0 unspecified atom stereocenters. The molecule has 4 heteroatoms. The number of carbonyl (C=O) groups excluding carboxylic acids is 1. The molecular formula is C9H12N2O2. The second-order valence-corrected chi connectivity index (χ2v) is 2.89. The smallest absolute Gasteiger partial charge is 0.333 e. The highest BCUT2D eigenvalue weighted by Crippen LogP contribution is 1.99. The van der Waals surface area contributed by atoms with Gasteiger partial charge in [-0.15, -0.1) is 0 Å². The minimum atomic E-state index is -0.384. The Balaban J connectivity index is 2.44. The van der Waals surface area contributed by atoms with Crippen molar-refractivity contribution < 1.29 is 9.53 Å². The molecule has 0 aliphatic heterocycles. The van der Waals surface area contributed by atoms with Gasteiger partial charge in [0.25, 0.3) is 0 Å². The molecule has 0 saturated carbocycles. The predicted molar refractivity (Wildman–Crippen MR) is 47.8 cm³/mol. The standard InChI is InChI=1S/C9H12N2O2/c1-7(2)9(12)13-5-8-4-11(3)6-10-8/h4,6H,1,5H2,2-3H3. The van der Waals surface area contributed by atoms with Crippen LogP contribution in [0.4, 0.5) is 0 Å². The molecule has 1 heterocycles. The molecule has 0 N–H and O–H groups in total. The van der Waals surface area contributed by atoms with Crippen molar-refractivity contribution >= 4 is 5.97 Å². The summed E-state index contributed by atoms with van der Waals surface area (Å²) in [6.45, 7) is 5.29. The average Bonchev–Trinajstić information content (AvgIpc) is 2.47. The molecule has 0 bridgehead atoms. The maximum atomic E-state index is 11.0. The molecule has 70 valence electrons. The second-order valence-electron chi connectivity index (χ2n) is 2.89. The summed E-state index contributed by atoms with van der Waals surface area (Å²) >= 11 is 0. The minimum Gasteiger partial charge on any atom is -0.456 e. The van der Waals surface area contributed by atoms with E-state index in [0.717, 1.165) is 5.69 Å². The van der Waals surface area contributed by atoms with Gasteiger partial charge in [-0.2, -0.15) is 0 Å². The molecule has 13 heavy (non-hydrogen) atoms. The van der Waals surface area contributed by atoms with Crippen LogP contribution in [0.25, 0.3) is 0 Å². The maximum absolute atomic E-state index is 11.0. The monoisotopic (exact) mass is 180 g/mol. The van der Waals surface area contributed by atoms with Crippen LogP contribution in [0.3, 0.4) is 0 Å². The minimum absolute atomic E-state index is 0.201. The molecule has 1 rings (SSSR count). The van der Waals surface area contributed by atoms with Crippen molar-refractivity contribution in [3.05, 3.63) is 30.4 Å². The summed E-state index contributed by atoms with van der Waals surface area (Å²) in [4.78, 5) is 15.0. The third kappa shape index (κ3) is 2.74. The van der Waals surface area contributed by atoms with Gasteiger partial charge in [-0.3, -0.25) is 0 Å². The Bertz CT molecular complexity index is 328. The van der Waals surface area contributed by atoms with Gasteiger partial charge in [0.1, 0.15) is 6.61 Å². The van der Waals surface area contributed by atoms with Crippen molar-refractivity contribution in [1.82, 2.24) is 9.55 Å². The van der Waals surface area contributed by atoms with E-state index in [1.54, 1.807) is 24.0 Å². The van der Waals surface area contributed by atoms with Crippen molar-refractivity contribution in [2.45, 2.75) is 13.5 Å². The summed E-state index contributed by atoms with van der Waals surface area (Å²) in [5.41, 5.74) is 1.13. The Hall–Kier alpha value is -1.58. The number of nitrogens with zero attached hydrogens (tertiary/aromatic N) is 2. The van der Waals surface area contributed by atoms with Crippen molar-refractivity contribution in [1.29, 1.82) is 0 Å². The topological polar surface area (TPSA) is 44.1 Å². The summed E-state index contributed by atoms with van der Waals surface area (Å²) < 4.78 is 6.68. The lowest BCUT2D eigenvalue weighted by Crippen LogP contribution is -2.04. The first-order valence-corrected chi connectivity index (χ1v) is 3.89. The molecule has 0 amide bonds. The number of hydrogen-bond acceptors (Lipinski definition) is 3. The van der Waals surface area contributed by atoms with Crippen LogP contribution in [-0.4, -0.2) is 15.5 Å². The van der Waals surface area contributed by atoms with Crippen molar-refractivity contribution in [2.75, 3.05) is 0 Å². The fourth-order valence-electron chi connectivity index (χ4n) is 0.804. The summed E-state index contributed by atoms with van der Waals surface area (Å²) in [5.74, 6) is -0.384. The number of carbonyl (C=O) groups is 1. The third-order valence-corrected chi connectivity index (χ3v) is 1.46. The van der Waals surface area contributed by atoms with E-state index in [4.69, 9.17) is 4.74 Å². The first-order chi connectivity index (χ1) is 6.09. The zero-order valence-corrected chi connectivity index (χ0v) is 7.78. The van der Waals surface area contributed by atoms with Crippen LogP contribution in [0.5, 0.6) is 0 Å². The van der Waals surface area contributed by atoms with Crippen molar-refractivity contribution in [3.8, 4) is 0 Å². The molecule has 1 aromatic rings. The van der Waals surface area contributed by atoms with Crippen molar-refractivity contribution in [3.63, 3.8) is 0 Å². The lowest BCUT2D eigenvalue weighted by Gasteiger charge is -2.00. The average molecular weight is 180 g/mol. The Morgan fingerprint density at radius 1 is 1.77 bits per heavy atom. The summed E-state index contributed by atoms with van der Waals surface area (Å²) in [6.07, 6.45) is 3.45. The Kier molecular flexibility index (Phi) is 2.84. The van der Waals surface area contributed by atoms with Gasteiger partial charge in [0, 0.05) is 18.8 Å². The number of aromatic nitrogens is 2. The molecule has 0 spiro atoms. The van der Waals surface area contributed by atoms with E-state index in [0.29, 0.717) is 5.57 Å². The van der Waals surface area contributed by atoms with Gasteiger partial charge >= 0.3 is 5.97 Å². The van der Waals surface area contributed by atoms with Crippen LogP contribution < -0.4 is 0 Å². The number of aryl methyl sites for hydroxylation is 1. The highest BCUT2D eigenvalue weighted by molar-refractivity contribution is 5.86. The van der Waals surface area contributed by atoms with Crippen molar-refractivity contribution in [2.24, 2.45) is 7.05 Å². The first kappa shape index (κ1) is 9.51. The van der Waals surface area contributed by atoms with Crippen LogP contribution in [0.1, 0.15) is 12.6 Å². The Labute approximate surface area is 76.8 Å². The van der Waals surface area contributed by atoms with Crippen LogP contribution >= 0.6 is 0 Å². The van der Waals surface area contributed by atoms with E-state index >= 15 is 0 Å². The number of rotatable bonds is 3. The highest BCUT2D eigenvalue weighted by Gasteiger charge is 2.04. The maximum Gasteiger partial charge on any atom is 0.333 e. The lowest BCUT2D eigenvalue weighted by atomic mass is 10.4. The number of hydrogen-bond donors (Lipinski definition) is 0. The second kappa shape index (κ2) is 3.89. The SMILES string of the molecule is C=C(C)C(=O)OCc1cn(C)cn1. The molecule has 0 atom stereocenters. The zero-order valence-electron chi connectivity index (χ0n) is 7.78.